The Bertz CT molecular complexity index is 221. The van der Waals surface area contributed by atoms with Crippen LogP contribution in [0.25, 0.3) is 0 Å². The molecule has 0 spiro atoms. The summed E-state index contributed by atoms with van der Waals surface area (Å²) in [4.78, 5) is 3.93. The van der Waals surface area contributed by atoms with Gasteiger partial charge in [0.2, 0.25) is 6.39 Å². The van der Waals surface area contributed by atoms with Crippen LogP contribution in [0.15, 0.2) is 10.9 Å². The van der Waals surface area contributed by atoms with Crippen molar-refractivity contribution < 1.29 is 4.52 Å². The monoisotopic (exact) mass is 183 g/mol. The van der Waals surface area contributed by atoms with E-state index >= 15 is 0 Å². The van der Waals surface area contributed by atoms with E-state index in [0.29, 0.717) is 18.5 Å². The van der Waals surface area contributed by atoms with Crippen molar-refractivity contribution >= 4 is 0 Å². The van der Waals surface area contributed by atoms with Crippen molar-refractivity contribution in [2.45, 2.75) is 39.8 Å². The van der Waals surface area contributed by atoms with Crippen molar-refractivity contribution in [3.8, 4) is 0 Å². The molecule has 13 heavy (non-hydrogen) atoms. The molecule has 0 aliphatic heterocycles. The van der Waals surface area contributed by atoms with Crippen LogP contribution in [0, 0.1) is 5.92 Å². The maximum atomic E-state index is 4.63. The average Bonchev–Trinajstić information content (AvgIpc) is 2.51. The second-order valence-corrected chi connectivity index (χ2v) is 3.76. The van der Waals surface area contributed by atoms with Gasteiger partial charge in [-0.1, -0.05) is 19.0 Å². The van der Waals surface area contributed by atoms with Crippen LogP contribution in [0.2, 0.25) is 0 Å². The number of nitrogens with zero attached hydrogens (tertiary/aromatic N) is 2. The van der Waals surface area contributed by atoms with Gasteiger partial charge in [-0.15, -0.1) is 0 Å². The van der Waals surface area contributed by atoms with Gasteiger partial charge in [-0.3, -0.25) is 0 Å². The molecular formula is C9H17N3O. The Morgan fingerprint density at radius 2 is 2.23 bits per heavy atom. The zero-order valence-electron chi connectivity index (χ0n) is 8.45. The van der Waals surface area contributed by atoms with Crippen molar-refractivity contribution in [3.63, 3.8) is 0 Å². The molecule has 1 aromatic rings. The summed E-state index contributed by atoms with van der Waals surface area (Å²) >= 11 is 0. The molecule has 0 saturated heterocycles. The molecule has 0 aliphatic rings. The zero-order valence-corrected chi connectivity index (χ0v) is 8.45. The lowest BCUT2D eigenvalue weighted by atomic mass is 10.1. The van der Waals surface area contributed by atoms with Crippen molar-refractivity contribution in [1.29, 1.82) is 0 Å². The van der Waals surface area contributed by atoms with Crippen LogP contribution >= 0.6 is 0 Å². The van der Waals surface area contributed by atoms with Crippen LogP contribution in [-0.2, 0) is 6.54 Å². The molecule has 1 atom stereocenters. The highest BCUT2D eigenvalue weighted by Gasteiger charge is 2.05. The highest BCUT2D eigenvalue weighted by atomic mass is 16.5. The fourth-order valence-corrected chi connectivity index (χ4v) is 1.33. The summed E-state index contributed by atoms with van der Waals surface area (Å²) in [7, 11) is 0. The van der Waals surface area contributed by atoms with Crippen molar-refractivity contribution in [2.24, 2.45) is 5.92 Å². The summed E-state index contributed by atoms with van der Waals surface area (Å²) in [5, 5.41) is 7.05. The summed E-state index contributed by atoms with van der Waals surface area (Å²) < 4.78 is 4.63. The number of nitrogens with one attached hydrogen (secondary N) is 1. The lowest BCUT2D eigenvalue weighted by Gasteiger charge is -2.14. The van der Waals surface area contributed by atoms with E-state index in [9.17, 15) is 0 Å². The Morgan fingerprint density at radius 3 is 2.77 bits per heavy atom. The maximum Gasteiger partial charge on any atom is 0.213 e. The third kappa shape index (κ3) is 4.03. The third-order valence-corrected chi connectivity index (χ3v) is 1.84. The van der Waals surface area contributed by atoms with Gasteiger partial charge in [0.1, 0.15) is 0 Å². The molecule has 4 nitrogen and oxygen atoms in total. The van der Waals surface area contributed by atoms with Gasteiger partial charge in [-0.2, -0.15) is 4.98 Å². The molecule has 74 valence electrons. The SMILES string of the molecule is CC(C)CC(C)NCc1ncon1. The van der Waals surface area contributed by atoms with E-state index in [-0.39, 0.29) is 0 Å². The molecule has 1 unspecified atom stereocenters. The molecule has 1 heterocycles. The first-order valence-electron chi connectivity index (χ1n) is 4.67. The van der Waals surface area contributed by atoms with E-state index in [1.165, 1.54) is 6.39 Å². The van der Waals surface area contributed by atoms with Crippen LogP contribution in [0.3, 0.4) is 0 Å². The highest BCUT2D eigenvalue weighted by Crippen LogP contribution is 2.03. The molecule has 0 aliphatic carbocycles. The summed E-state index contributed by atoms with van der Waals surface area (Å²) in [5.41, 5.74) is 0. The summed E-state index contributed by atoms with van der Waals surface area (Å²) in [5.74, 6) is 1.43. The average molecular weight is 183 g/mol. The van der Waals surface area contributed by atoms with Gasteiger partial charge >= 0.3 is 0 Å². The van der Waals surface area contributed by atoms with E-state index < -0.39 is 0 Å². The van der Waals surface area contributed by atoms with Gasteiger partial charge in [0.15, 0.2) is 5.82 Å². The predicted molar refractivity (Wildman–Crippen MR) is 50.1 cm³/mol. The van der Waals surface area contributed by atoms with Crippen molar-refractivity contribution in [3.05, 3.63) is 12.2 Å². The number of hydrogen-bond acceptors (Lipinski definition) is 4. The minimum absolute atomic E-state index is 0.499. The first kappa shape index (κ1) is 10.2. The zero-order chi connectivity index (χ0) is 9.68. The second kappa shape index (κ2) is 4.97. The van der Waals surface area contributed by atoms with Crippen molar-refractivity contribution in [1.82, 2.24) is 15.5 Å². The van der Waals surface area contributed by atoms with Gasteiger partial charge in [-0.25, -0.2) is 0 Å². The third-order valence-electron chi connectivity index (χ3n) is 1.84. The summed E-state index contributed by atoms with van der Waals surface area (Å²) in [6, 6.07) is 0.499. The van der Waals surface area contributed by atoms with Crippen LogP contribution < -0.4 is 5.32 Å². The Kier molecular flexibility index (Phi) is 3.89. The highest BCUT2D eigenvalue weighted by molar-refractivity contribution is 4.77. The summed E-state index contributed by atoms with van der Waals surface area (Å²) in [6.07, 6.45) is 2.52. The van der Waals surface area contributed by atoms with E-state index in [1.807, 2.05) is 0 Å². The van der Waals surface area contributed by atoms with Gasteiger partial charge in [-0.05, 0) is 19.3 Å². The topological polar surface area (TPSA) is 51.0 Å². The molecule has 4 heteroatoms. The molecular weight excluding hydrogens is 166 g/mol. The van der Waals surface area contributed by atoms with Crippen molar-refractivity contribution in [2.75, 3.05) is 0 Å². The molecule has 1 N–H and O–H groups in total. The van der Waals surface area contributed by atoms with E-state index in [0.717, 1.165) is 12.2 Å². The lowest BCUT2D eigenvalue weighted by molar-refractivity contribution is 0.397. The molecule has 0 bridgehead atoms. The first-order chi connectivity index (χ1) is 6.18. The van der Waals surface area contributed by atoms with E-state index in [1.54, 1.807) is 0 Å². The standard InChI is InChI=1S/C9H17N3O/c1-7(2)4-8(3)10-5-9-11-6-13-12-9/h6-8,10H,4-5H2,1-3H3. The maximum absolute atomic E-state index is 4.63. The fourth-order valence-electron chi connectivity index (χ4n) is 1.33. The predicted octanol–water partition coefficient (Wildman–Crippen LogP) is 1.59. The number of hydrogen-bond donors (Lipinski definition) is 1. The number of rotatable bonds is 5. The minimum Gasteiger partial charge on any atom is -0.343 e. The van der Waals surface area contributed by atoms with E-state index in [2.05, 4.69) is 40.8 Å². The number of aromatic nitrogens is 2. The fraction of sp³-hybridized carbons (Fsp3) is 0.778. The molecule has 1 rings (SSSR count). The quantitative estimate of drug-likeness (QED) is 0.753. The summed E-state index contributed by atoms with van der Waals surface area (Å²) in [6.45, 7) is 7.28. The van der Waals surface area contributed by atoms with Crippen LogP contribution in [-0.4, -0.2) is 16.2 Å². The smallest absolute Gasteiger partial charge is 0.213 e. The van der Waals surface area contributed by atoms with Gasteiger partial charge < -0.3 is 9.84 Å². The second-order valence-electron chi connectivity index (χ2n) is 3.76. The molecule has 0 amide bonds. The Morgan fingerprint density at radius 1 is 1.46 bits per heavy atom. The minimum atomic E-state index is 0.499. The van der Waals surface area contributed by atoms with Gasteiger partial charge in [0, 0.05) is 6.04 Å². The molecule has 0 aromatic carbocycles. The Labute approximate surface area is 78.7 Å². The lowest BCUT2D eigenvalue weighted by Crippen LogP contribution is -2.27. The normalized spacial score (nSPS) is 13.5. The Balaban J connectivity index is 2.19. The molecule has 1 aromatic heterocycles. The van der Waals surface area contributed by atoms with E-state index in [4.69, 9.17) is 0 Å². The molecule has 0 fully saturated rings. The largest absolute Gasteiger partial charge is 0.343 e. The molecule has 0 saturated carbocycles. The van der Waals surface area contributed by atoms with Crippen LogP contribution in [0.5, 0.6) is 0 Å². The molecule has 0 radical (unpaired) electrons. The van der Waals surface area contributed by atoms with Crippen LogP contribution in [0.4, 0.5) is 0 Å². The van der Waals surface area contributed by atoms with Gasteiger partial charge in [0.05, 0.1) is 6.54 Å². The van der Waals surface area contributed by atoms with Gasteiger partial charge in [0.25, 0.3) is 0 Å². The Hall–Kier alpha value is -0.900. The first-order valence-corrected chi connectivity index (χ1v) is 4.67. The van der Waals surface area contributed by atoms with Crippen LogP contribution in [0.1, 0.15) is 33.0 Å².